The number of hydrogen-bond donors (Lipinski definition) is 1. The molecule has 0 radical (unpaired) electrons. The summed E-state index contributed by atoms with van der Waals surface area (Å²) in [4.78, 5) is 16.4. The number of aliphatic hydroxyl groups is 1. The van der Waals surface area contributed by atoms with Gasteiger partial charge in [0.1, 0.15) is 0 Å². The summed E-state index contributed by atoms with van der Waals surface area (Å²) in [6.07, 6.45) is 6.79. The Balaban J connectivity index is 1.86. The molecular weight excluding hydrogens is 290 g/mol. The standard InChI is InChI=1S/C19H21NO3/c1-3-23-18(22)19(8-9-19)7-6-17-11-16-10-14(13(2)21)4-5-15(16)12-20-17/h4-7,10-13,21H,3,8-9H2,1-2H3/t13-/m1/s1. The predicted molar refractivity (Wildman–Crippen MR) is 89.7 cm³/mol. The second kappa shape index (κ2) is 6.13. The van der Waals surface area contributed by atoms with Crippen LogP contribution in [0.2, 0.25) is 0 Å². The van der Waals surface area contributed by atoms with Crippen LogP contribution in [0.1, 0.15) is 44.1 Å². The number of aromatic nitrogens is 1. The third kappa shape index (κ3) is 3.27. The minimum absolute atomic E-state index is 0.145. The Labute approximate surface area is 135 Å². The van der Waals surface area contributed by atoms with E-state index in [9.17, 15) is 9.90 Å². The molecule has 1 aromatic heterocycles. The molecule has 1 fully saturated rings. The molecule has 2 aromatic rings. The van der Waals surface area contributed by atoms with Crippen LogP contribution in [-0.4, -0.2) is 22.7 Å². The maximum Gasteiger partial charge on any atom is 0.315 e. The number of benzene rings is 1. The number of fused-ring (bicyclic) bond motifs is 1. The van der Waals surface area contributed by atoms with Crippen molar-refractivity contribution in [1.29, 1.82) is 0 Å². The molecule has 1 aliphatic carbocycles. The van der Waals surface area contributed by atoms with Crippen molar-refractivity contribution in [2.75, 3.05) is 6.61 Å². The first-order valence-corrected chi connectivity index (χ1v) is 7.98. The van der Waals surface area contributed by atoms with Gasteiger partial charge < -0.3 is 9.84 Å². The smallest absolute Gasteiger partial charge is 0.315 e. The van der Waals surface area contributed by atoms with Gasteiger partial charge in [-0.25, -0.2) is 0 Å². The molecule has 0 amide bonds. The van der Waals surface area contributed by atoms with Gasteiger partial charge in [0.25, 0.3) is 0 Å². The Hall–Kier alpha value is -2.20. The number of carbonyl (C=O) groups excluding carboxylic acids is 1. The molecule has 0 unspecified atom stereocenters. The second-order valence-corrected chi connectivity index (χ2v) is 6.10. The fraction of sp³-hybridized carbons (Fsp3) is 0.368. The summed E-state index contributed by atoms with van der Waals surface area (Å²) in [6.45, 7) is 3.98. The van der Waals surface area contributed by atoms with Gasteiger partial charge in [-0.05, 0) is 55.8 Å². The lowest BCUT2D eigenvalue weighted by Gasteiger charge is -2.09. The van der Waals surface area contributed by atoms with E-state index >= 15 is 0 Å². The number of ether oxygens (including phenoxy) is 1. The van der Waals surface area contributed by atoms with Gasteiger partial charge in [-0.2, -0.15) is 0 Å². The van der Waals surface area contributed by atoms with E-state index in [1.807, 2.05) is 49.5 Å². The van der Waals surface area contributed by atoms with Crippen molar-refractivity contribution in [2.45, 2.75) is 32.8 Å². The number of esters is 1. The van der Waals surface area contributed by atoms with Crippen LogP contribution in [0.4, 0.5) is 0 Å². The quantitative estimate of drug-likeness (QED) is 0.856. The van der Waals surface area contributed by atoms with Gasteiger partial charge in [-0.15, -0.1) is 0 Å². The molecule has 1 aliphatic rings. The third-order valence-corrected chi connectivity index (χ3v) is 4.29. The number of aliphatic hydroxyl groups excluding tert-OH is 1. The van der Waals surface area contributed by atoms with E-state index in [-0.39, 0.29) is 5.97 Å². The molecule has 1 saturated carbocycles. The maximum absolute atomic E-state index is 12.0. The van der Waals surface area contributed by atoms with E-state index in [1.54, 1.807) is 6.92 Å². The number of pyridine rings is 1. The maximum atomic E-state index is 12.0. The number of nitrogens with zero attached hydrogens (tertiary/aromatic N) is 1. The van der Waals surface area contributed by atoms with E-state index in [2.05, 4.69) is 4.98 Å². The molecule has 1 aromatic carbocycles. The number of hydrogen-bond acceptors (Lipinski definition) is 4. The topological polar surface area (TPSA) is 59.4 Å². The van der Waals surface area contributed by atoms with Crippen LogP contribution < -0.4 is 0 Å². The van der Waals surface area contributed by atoms with Gasteiger partial charge in [-0.1, -0.05) is 18.2 Å². The van der Waals surface area contributed by atoms with Gasteiger partial charge in [0.15, 0.2) is 0 Å². The largest absolute Gasteiger partial charge is 0.465 e. The summed E-state index contributed by atoms with van der Waals surface area (Å²) < 4.78 is 5.13. The van der Waals surface area contributed by atoms with Crippen molar-refractivity contribution in [2.24, 2.45) is 5.41 Å². The molecule has 1 atom stereocenters. The minimum atomic E-state index is -0.495. The first kappa shape index (κ1) is 15.7. The van der Waals surface area contributed by atoms with Crippen LogP contribution in [0.25, 0.3) is 16.8 Å². The molecule has 4 heteroatoms. The van der Waals surface area contributed by atoms with Gasteiger partial charge in [-0.3, -0.25) is 9.78 Å². The van der Waals surface area contributed by atoms with E-state index in [0.29, 0.717) is 6.61 Å². The third-order valence-electron chi connectivity index (χ3n) is 4.29. The normalized spacial score (nSPS) is 17.3. The highest BCUT2D eigenvalue weighted by Crippen LogP contribution is 2.48. The molecule has 4 nitrogen and oxygen atoms in total. The lowest BCUT2D eigenvalue weighted by atomic mass is 10.0. The predicted octanol–water partition coefficient (Wildman–Crippen LogP) is 3.64. The average molecular weight is 311 g/mol. The lowest BCUT2D eigenvalue weighted by Crippen LogP contribution is -2.16. The Morgan fingerprint density at radius 1 is 1.39 bits per heavy atom. The summed E-state index contributed by atoms with van der Waals surface area (Å²) in [6, 6.07) is 7.80. The fourth-order valence-electron chi connectivity index (χ4n) is 2.62. The summed E-state index contributed by atoms with van der Waals surface area (Å²) >= 11 is 0. The average Bonchev–Trinajstić information content (AvgIpc) is 3.33. The summed E-state index contributed by atoms with van der Waals surface area (Å²) in [5.41, 5.74) is 1.23. The number of carbonyl (C=O) groups is 1. The van der Waals surface area contributed by atoms with Crippen molar-refractivity contribution in [3.63, 3.8) is 0 Å². The van der Waals surface area contributed by atoms with Crippen molar-refractivity contribution < 1.29 is 14.6 Å². The van der Waals surface area contributed by atoms with Crippen molar-refractivity contribution in [3.05, 3.63) is 47.8 Å². The monoisotopic (exact) mass is 311 g/mol. The van der Waals surface area contributed by atoms with Crippen molar-refractivity contribution >= 4 is 22.8 Å². The summed E-state index contributed by atoms with van der Waals surface area (Å²) in [5.74, 6) is -0.145. The van der Waals surface area contributed by atoms with Crippen LogP contribution in [0.5, 0.6) is 0 Å². The fourth-order valence-corrected chi connectivity index (χ4v) is 2.62. The molecule has 23 heavy (non-hydrogen) atoms. The highest BCUT2D eigenvalue weighted by Gasteiger charge is 2.48. The van der Waals surface area contributed by atoms with Crippen LogP contribution >= 0.6 is 0 Å². The minimum Gasteiger partial charge on any atom is -0.465 e. The van der Waals surface area contributed by atoms with E-state index in [4.69, 9.17) is 4.74 Å². The summed E-state index contributed by atoms with van der Waals surface area (Å²) in [7, 11) is 0. The molecule has 0 aliphatic heterocycles. The zero-order valence-electron chi connectivity index (χ0n) is 13.5. The highest BCUT2D eigenvalue weighted by molar-refractivity contribution is 5.85. The first-order valence-electron chi connectivity index (χ1n) is 7.98. The van der Waals surface area contributed by atoms with Crippen molar-refractivity contribution in [1.82, 2.24) is 4.98 Å². The van der Waals surface area contributed by atoms with Gasteiger partial charge in [0.2, 0.25) is 0 Å². The van der Waals surface area contributed by atoms with E-state index in [0.717, 1.165) is 34.9 Å². The van der Waals surface area contributed by atoms with Crippen LogP contribution in [0, 0.1) is 5.41 Å². The van der Waals surface area contributed by atoms with Crippen LogP contribution in [0.3, 0.4) is 0 Å². The number of rotatable bonds is 5. The Morgan fingerprint density at radius 3 is 2.83 bits per heavy atom. The molecule has 1 N–H and O–H groups in total. The lowest BCUT2D eigenvalue weighted by molar-refractivity contribution is -0.147. The van der Waals surface area contributed by atoms with Gasteiger partial charge in [0, 0.05) is 11.6 Å². The second-order valence-electron chi connectivity index (χ2n) is 6.10. The molecule has 0 saturated heterocycles. The Bertz CT molecular complexity index is 760. The zero-order valence-corrected chi connectivity index (χ0v) is 13.5. The van der Waals surface area contributed by atoms with E-state index < -0.39 is 11.5 Å². The van der Waals surface area contributed by atoms with Crippen LogP contribution in [0.15, 0.2) is 36.5 Å². The molecular formula is C19H21NO3. The Morgan fingerprint density at radius 2 is 2.17 bits per heavy atom. The highest BCUT2D eigenvalue weighted by atomic mass is 16.5. The Kier molecular flexibility index (Phi) is 4.18. The van der Waals surface area contributed by atoms with Crippen molar-refractivity contribution in [3.8, 4) is 0 Å². The molecule has 1 heterocycles. The van der Waals surface area contributed by atoms with Gasteiger partial charge in [0.05, 0.1) is 23.8 Å². The molecule has 0 spiro atoms. The summed E-state index contributed by atoms with van der Waals surface area (Å²) in [5, 5.41) is 11.8. The molecule has 0 bridgehead atoms. The van der Waals surface area contributed by atoms with Crippen LogP contribution in [-0.2, 0) is 9.53 Å². The van der Waals surface area contributed by atoms with Gasteiger partial charge >= 0.3 is 5.97 Å². The first-order chi connectivity index (χ1) is 11.0. The SMILES string of the molecule is CCOC(=O)C1(C=Cc2cc3cc([C@@H](C)O)ccc3cn2)CC1. The molecule has 120 valence electrons. The zero-order chi connectivity index (χ0) is 16.4. The van der Waals surface area contributed by atoms with E-state index in [1.165, 1.54) is 0 Å². The molecule has 3 rings (SSSR count).